The topological polar surface area (TPSA) is 103 Å². The van der Waals surface area contributed by atoms with Crippen LogP contribution in [0.1, 0.15) is 0 Å². The molecule has 0 aliphatic heterocycles. The van der Waals surface area contributed by atoms with Gasteiger partial charge in [-0.2, -0.15) is 0 Å². The van der Waals surface area contributed by atoms with Gasteiger partial charge in [0.25, 0.3) is 15.6 Å². The molecule has 1 N–H and O–H groups in total. The van der Waals surface area contributed by atoms with E-state index in [2.05, 4.69) is 14.4 Å². The second-order valence-electron chi connectivity index (χ2n) is 7.59. The number of pyridine rings is 1. The molecule has 2 heterocycles. The molecule has 176 valence electrons. The third-order valence-corrected chi connectivity index (χ3v) is 6.80. The van der Waals surface area contributed by atoms with Gasteiger partial charge in [-0.3, -0.25) is 14.1 Å². The lowest BCUT2D eigenvalue weighted by Gasteiger charge is -2.16. The van der Waals surface area contributed by atoms with Crippen LogP contribution in [0.25, 0.3) is 27.7 Å². The van der Waals surface area contributed by atoms with Crippen molar-refractivity contribution in [2.45, 2.75) is 4.90 Å². The minimum Gasteiger partial charge on any atom is -0.495 e. The van der Waals surface area contributed by atoms with Gasteiger partial charge in [0.05, 0.1) is 23.2 Å². The Hall–Kier alpha value is -4.44. The highest BCUT2D eigenvalue weighted by Gasteiger charge is 2.19. The number of nitrogens with zero attached hydrogens (tertiary/aromatic N) is 2. The largest absolute Gasteiger partial charge is 0.495 e. The predicted octanol–water partition coefficient (Wildman–Crippen LogP) is 4.59. The molecule has 0 unspecified atom stereocenters. The Morgan fingerprint density at radius 3 is 2.51 bits per heavy atom. The van der Waals surface area contributed by atoms with Crippen LogP contribution >= 0.6 is 0 Å². The highest BCUT2D eigenvalue weighted by Crippen LogP contribution is 2.33. The highest BCUT2D eigenvalue weighted by molar-refractivity contribution is 7.92. The first kappa shape index (κ1) is 22.4. The number of nitrogens with one attached hydrogen (secondary N) is 1. The zero-order valence-electron chi connectivity index (χ0n) is 18.3. The first-order chi connectivity index (χ1) is 16.9. The van der Waals surface area contributed by atoms with Gasteiger partial charge in [-0.05, 0) is 35.9 Å². The molecule has 3 aromatic carbocycles. The number of benzene rings is 3. The van der Waals surface area contributed by atoms with Crippen molar-refractivity contribution in [1.82, 2.24) is 9.72 Å². The fourth-order valence-corrected chi connectivity index (χ4v) is 4.85. The monoisotopic (exact) mass is 491 g/mol. The Kier molecular flexibility index (Phi) is 5.58. The van der Waals surface area contributed by atoms with Crippen molar-refractivity contribution in [3.8, 4) is 22.6 Å². The maximum atomic E-state index is 15.2. The molecule has 0 spiro atoms. The van der Waals surface area contributed by atoms with Crippen LogP contribution in [0.15, 0.2) is 99.3 Å². The van der Waals surface area contributed by atoms with Crippen molar-refractivity contribution in [3.63, 3.8) is 0 Å². The van der Waals surface area contributed by atoms with Crippen molar-refractivity contribution in [2.24, 2.45) is 0 Å². The van der Waals surface area contributed by atoms with Crippen LogP contribution in [-0.4, -0.2) is 25.3 Å². The minimum atomic E-state index is -3.96. The number of sulfonamides is 1. The molecule has 0 aliphatic carbocycles. The van der Waals surface area contributed by atoms with Crippen LogP contribution < -0.4 is 15.0 Å². The van der Waals surface area contributed by atoms with Crippen molar-refractivity contribution in [3.05, 3.63) is 101 Å². The summed E-state index contributed by atoms with van der Waals surface area (Å²) in [6.07, 6.45) is 1.24. The molecule has 0 atom stereocenters. The normalized spacial score (nSPS) is 11.5. The summed E-state index contributed by atoms with van der Waals surface area (Å²) in [6, 6.07) is 20.2. The summed E-state index contributed by atoms with van der Waals surface area (Å²) < 4.78 is 54.5. The van der Waals surface area contributed by atoms with Crippen molar-refractivity contribution >= 4 is 26.7 Å². The second kappa shape index (κ2) is 8.73. The van der Waals surface area contributed by atoms with E-state index in [1.54, 1.807) is 24.3 Å². The Morgan fingerprint density at radius 1 is 1.00 bits per heavy atom. The van der Waals surface area contributed by atoms with Crippen molar-refractivity contribution in [2.75, 3.05) is 11.8 Å². The van der Waals surface area contributed by atoms with Crippen LogP contribution in [0.5, 0.6) is 5.75 Å². The number of ether oxygens (including phenoxy) is 1. The first-order valence-electron chi connectivity index (χ1n) is 10.4. The summed E-state index contributed by atoms with van der Waals surface area (Å²) in [4.78, 5) is 12.9. The average molecular weight is 492 g/mol. The third-order valence-electron chi connectivity index (χ3n) is 5.45. The summed E-state index contributed by atoms with van der Waals surface area (Å²) in [5, 5.41) is 4.00. The molecule has 0 saturated heterocycles. The highest BCUT2D eigenvalue weighted by atomic mass is 32.2. The lowest BCUT2D eigenvalue weighted by atomic mass is 10.0. The number of hydrogen-bond donors (Lipinski definition) is 1. The van der Waals surface area contributed by atoms with Gasteiger partial charge in [-0.1, -0.05) is 35.5 Å². The molecule has 35 heavy (non-hydrogen) atoms. The van der Waals surface area contributed by atoms with E-state index in [1.165, 1.54) is 66.5 Å². The smallest absolute Gasteiger partial charge is 0.263 e. The van der Waals surface area contributed by atoms with Crippen molar-refractivity contribution < 1.29 is 22.1 Å². The fourth-order valence-electron chi connectivity index (χ4n) is 3.82. The molecule has 5 rings (SSSR count). The van der Waals surface area contributed by atoms with Gasteiger partial charge < -0.3 is 9.26 Å². The van der Waals surface area contributed by atoms with E-state index in [-0.39, 0.29) is 22.2 Å². The fraction of sp³-hybridized carbons (Fsp3) is 0.0400. The lowest BCUT2D eigenvalue weighted by Crippen LogP contribution is -2.19. The van der Waals surface area contributed by atoms with E-state index >= 15 is 4.39 Å². The van der Waals surface area contributed by atoms with E-state index in [4.69, 9.17) is 4.74 Å². The van der Waals surface area contributed by atoms with Crippen LogP contribution in [0.2, 0.25) is 0 Å². The van der Waals surface area contributed by atoms with E-state index in [0.29, 0.717) is 22.0 Å². The Balaban J connectivity index is 1.65. The van der Waals surface area contributed by atoms with Crippen molar-refractivity contribution in [1.29, 1.82) is 0 Å². The summed E-state index contributed by atoms with van der Waals surface area (Å²) in [6.45, 7) is 0. The molecule has 0 bridgehead atoms. The van der Waals surface area contributed by atoms with E-state index < -0.39 is 21.4 Å². The van der Waals surface area contributed by atoms with E-state index in [0.717, 1.165) is 0 Å². The zero-order valence-corrected chi connectivity index (χ0v) is 19.1. The van der Waals surface area contributed by atoms with Gasteiger partial charge in [-0.25, -0.2) is 12.8 Å². The number of rotatable bonds is 6. The zero-order chi connectivity index (χ0) is 24.6. The van der Waals surface area contributed by atoms with E-state index in [9.17, 15) is 13.2 Å². The number of halogens is 1. The summed E-state index contributed by atoms with van der Waals surface area (Å²) in [7, 11) is -2.53. The SMILES string of the molecule is COc1cc(-c2ccccc2)c(F)cc1-n1c(=O)ccc2cc(S(=O)(=O)Nc3ccon3)ccc21. The Bertz CT molecular complexity index is 1700. The molecule has 2 aromatic heterocycles. The summed E-state index contributed by atoms with van der Waals surface area (Å²) >= 11 is 0. The molecular formula is C25H18FN3O5S. The van der Waals surface area contributed by atoms with Gasteiger partial charge >= 0.3 is 0 Å². The van der Waals surface area contributed by atoms with Crippen LogP contribution in [0.3, 0.4) is 0 Å². The molecule has 10 heteroatoms. The predicted molar refractivity (Wildman–Crippen MR) is 129 cm³/mol. The molecular weight excluding hydrogens is 473 g/mol. The molecule has 0 saturated carbocycles. The number of aromatic nitrogens is 2. The molecule has 0 amide bonds. The van der Waals surface area contributed by atoms with Gasteiger partial charge in [-0.15, -0.1) is 0 Å². The summed E-state index contributed by atoms with van der Waals surface area (Å²) in [5.74, 6) is -0.218. The summed E-state index contributed by atoms with van der Waals surface area (Å²) in [5.41, 5.74) is 1.13. The second-order valence-corrected chi connectivity index (χ2v) is 9.27. The van der Waals surface area contributed by atoms with Crippen LogP contribution in [-0.2, 0) is 10.0 Å². The molecule has 0 radical (unpaired) electrons. The standard InChI is InChI=1S/C25H18FN3O5S/c1-33-23-14-19(16-5-3-2-4-6-16)20(26)15-22(23)29-21-9-8-18(13-17(21)7-10-25(29)30)35(31,32)28-24-11-12-34-27-24/h2-15H,1H3,(H,27,28). The lowest BCUT2D eigenvalue weighted by molar-refractivity contribution is 0.412. The van der Waals surface area contributed by atoms with Gasteiger partial charge in [0, 0.05) is 29.1 Å². The number of hydrogen-bond acceptors (Lipinski definition) is 6. The molecule has 0 aliphatic rings. The number of fused-ring (bicyclic) bond motifs is 1. The van der Waals surface area contributed by atoms with Crippen LogP contribution in [0.4, 0.5) is 10.2 Å². The van der Waals surface area contributed by atoms with E-state index in [1.807, 2.05) is 6.07 Å². The molecule has 8 nitrogen and oxygen atoms in total. The quantitative estimate of drug-likeness (QED) is 0.373. The third kappa shape index (κ3) is 4.15. The number of anilines is 1. The number of methoxy groups -OCH3 is 1. The van der Waals surface area contributed by atoms with Gasteiger partial charge in [0.2, 0.25) is 0 Å². The Labute approximate surface area is 199 Å². The van der Waals surface area contributed by atoms with Crippen LogP contribution in [0, 0.1) is 5.82 Å². The maximum absolute atomic E-state index is 15.2. The maximum Gasteiger partial charge on any atom is 0.263 e. The average Bonchev–Trinajstić information content (AvgIpc) is 3.36. The van der Waals surface area contributed by atoms with Gasteiger partial charge in [0.1, 0.15) is 17.8 Å². The first-order valence-corrected chi connectivity index (χ1v) is 11.9. The minimum absolute atomic E-state index is 0.0359. The molecule has 5 aromatic rings. The Morgan fingerprint density at radius 2 is 1.80 bits per heavy atom. The van der Waals surface area contributed by atoms with Gasteiger partial charge in [0.15, 0.2) is 5.82 Å². The molecule has 0 fully saturated rings.